The zero-order chi connectivity index (χ0) is 22.2. The zero-order valence-corrected chi connectivity index (χ0v) is 16.6. The smallest absolute Gasteiger partial charge is 0.340 e. The number of amides is 1. The maximum absolute atomic E-state index is 12.9. The molecule has 1 N–H and O–H groups in total. The molecule has 13 heteroatoms. The van der Waals surface area contributed by atoms with Crippen LogP contribution in [-0.4, -0.2) is 26.5 Å². The van der Waals surface area contributed by atoms with E-state index in [1.54, 1.807) is 7.05 Å². The lowest BCUT2D eigenvalue weighted by atomic mass is 10.2. The number of carbonyl (C=O) groups is 1. The van der Waals surface area contributed by atoms with E-state index < -0.39 is 40.5 Å². The molecule has 0 unspecified atom stereocenters. The van der Waals surface area contributed by atoms with Crippen molar-refractivity contribution in [3.63, 3.8) is 0 Å². The Morgan fingerprint density at radius 1 is 1.30 bits per heavy atom. The number of alkyl halides is 5. The maximum atomic E-state index is 12.9. The Kier molecular flexibility index (Phi) is 5.99. The lowest BCUT2D eigenvalue weighted by Crippen LogP contribution is -2.25. The molecule has 3 aromatic rings. The van der Waals surface area contributed by atoms with Crippen LogP contribution in [0, 0.1) is 0 Å². The first-order valence-corrected chi connectivity index (χ1v) is 9.34. The molecule has 0 saturated heterocycles. The second-order valence-electron chi connectivity index (χ2n) is 6.16. The van der Waals surface area contributed by atoms with Crippen molar-refractivity contribution in [1.82, 2.24) is 14.1 Å². The average molecular weight is 467 g/mol. The number of hydrogen-bond donors (Lipinski definition) is 1. The zero-order valence-electron chi connectivity index (χ0n) is 15.0. The van der Waals surface area contributed by atoms with Gasteiger partial charge in [0.1, 0.15) is 4.88 Å². The van der Waals surface area contributed by atoms with Crippen molar-refractivity contribution in [3.05, 3.63) is 56.0 Å². The van der Waals surface area contributed by atoms with E-state index in [9.17, 15) is 31.5 Å². The van der Waals surface area contributed by atoms with Gasteiger partial charge in [0.25, 0.3) is 17.9 Å². The summed E-state index contributed by atoms with van der Waals surface area (Å²) in [5, 5.41) is 1.68. The molecular weight excluding hydrogens is 455 g/mol. The maximum Gasteiger partial charge on any atom is 0.427 e. The minimum Gasteiger partial charge on any atom is -0.340 e. The Morgan fingerprint density at radius 3 is 2.53 bits per heavy atom. The normalized spacial score (nSPS) is 11.9. The van der Waals surface area contributed by atoms with Crippen LogP contribution in [0.15, 0.2) is 35.6 Å². The molecule has 3 aromatic heterocycles. The van der Waals surface area contributed by atoms with Crippen molar-refractivity contribution < 1.29 is 26.7 Å². The molecule has 0 aliphatic carbocycles. The molecule has 0 atom stereocenters. The van der Waals surface area contributed by atoms with E-state index in [0.717, 1.165) is 12.3 Å². The summed E-state index contributed by atoms with van der Waals surface area (Å²) in [6, 6.07) is 2.07. The molecule has 0 bridgehead atoms. The Labute approximate surface area is 174 Å². The first-order valence-electron chi connectivity index (χ1n) is 8.14. The predicted molar refractivity (Wildman–Crippen MR) is 101 cm³/mol. The molecule has 160 valence electrons. The molecule has 3 rings (SSSR count). The number of thiophene rings is 1. The fourth-order valence-corrected chi connectivity index (χ4v) is 3.80. The highest BCUT2D eigenvalue weighted by Crippen LogP contribution is 2.40. The van der Waals surface area contributed by atoms with Gasteiger partial charge < -0.3 is 14.5 Å². The lowest BCUT2D eigenvalue weighted by Gasteiger charge is -2.11. The van der Waals surface area contributed by atoms with Gasteiger partial charge in [0.05, 0.1) is 39.7 Å². The third-order valence-electron chi connectivity index (χ3n) is 3.83. The van der Waals surface area contributed by atoms with E-state index in [4.69, 9.17) is 11.6 Å². The van der Waals surface area contributed by atoms with Gasteiger partial charge in [-0.25, -0.2) is 13.8 Å². The monoisotopic (exact) mass is 466 g/mol. The largest absolute Gasteiger partial charge is 0.427 e. The predicted octanol–water partition coefficient (Wildman–Crippen LogP) is 4.50. The average Bonchev–Trinajstić information content (AvgIpc) is 3.22. The quantitative estimate of drug-likeness (QED) is 0.563. The number of pyridine rings is 1. The molecule has 0 fully saturated rings. The van der Waals surface area contributed by atoms with E-state index in [0.29, 0.717) is 4.57 Å². The van der Waals surface area contributed by atoms with Crippen molar-refractivity contribution in [2.75, 3.05) is 5.32 Å². The number of imidazole rings is 1. The second-order valence-corrected chi connectivity index (χ2v) is 7.61. The first kappa shape index (κ1) is 22.0. The van der Waals surface area contributed by atoms with Crippen molar-refractivity contribution in [1.29, 1.82) is 0 Å². The summed E-state index contributed by atoms with van der Waals surface area (Å²) < 4.78 is 66.6. The number of carbonyl (C=O) groups excluding carboxylic acids is 1. The number of aromatic nitrogens is 3. The van der Waals surface area contributed by atoms with E-state index in [1.807, 2.05) is 0 Å². The third kappa shape index (κ3) is 4.70. The second kappa shape index (κ2) is 8.19. The molecule has 3 heterocycles. The lowest BCUT2D eigenvalue weighted by molar-refractivity contribution is -0.134. The Bertz CT molecular complexity index is 1150. The van der Waals surface area contributed by atoms with Crippen molar-refractivity contribution in [2.24, 2.45) is 7.05 Å². The van der Waals surface area contributed by atoms with Crippen LogP contribution in [0.3, 0.4) is 0 Å². The van der Waals surface area contributed by atoms with Crippen molar-refractivity contribution >= 4 is 34.5 Å². The van der Waals surface area contributed by atoms with Crippen LogP contribution in [0.5, 0.6) is 0 Å². The molecule has 0 saturated carbocycles. The topological polar surface area (TPSA) is 68.9 Å². The van der Waals surface area contributed by atoms with Gasteiger partial charge in [0.15, 0.2) is 0 Å². The molecular formula is C17H12ClF5N4O2S. The SMILES string of the molecule is Cn1cnc(-c2cc(NC(=O)c3cc(Cl)c(C(F)(F)F)s3)cn(CC(F)F)c2=O)c1. The van der Waals surface area contributed by atoms with Gasteiger partial charge in [-0.3, -0.25) is 9.59 Å². The van der Waals surface area contributed by atoms with Crippen LogP contribution in [0.25, 0.3) is 11.3 Å². The molecule has 0 spiro atoms. The van der Waals surface area contributed by atoms with E-state index in [2.05, 4.69) is 10.3 Å². The number of hydrogen-bond acceptors (Lipinski definition) is 4. The Morgan fingerprint density at radius 2 is 2.00 bits per heavy atom. The minimum absolute atomic E-state index is 0.0609. The van der Waals surface area contributed by atoms with Gasteiger partial charge >= 0.3 is 6.18 Å². The number of nitrogens with zero attached hydrogens (tertiary/aromatic N) is 3. The highest BCUT2D eigenvalue weighted by atomic mass is 35.5. The summed E-state index contributed by atoms with van der Waals surface area (Å²) in [5.41, 5.74) is -0.709. The van der Waals surface area contributed by atoms with Crippen LogP contribution in [0.4, 0.5) is 27.6 Å². The van der Waals surface area contributed by atoms with Gasteiger partial charge in [-0.2, -0.15) is 13.2 Å². The van der Waals surface area contributed by atoms with E-state index in [-0.39, 0.29) is 33.2 Å². The van der Waals surface area contributed by atoms with Crippen LogP contribution in [0.2, 0.25) is 5.02 Å². The number of rotatable bonds is 5. The molecule has 0 aliphatic rings. The first-order chi connectivity index (χ1) is 14.0. The summed E-state index contributed by atoms with van der Waals surface area (Å²) in [4.78, 5) is 27.4. The molecule has 1 amide bonds. The van der Waals surface area contributed by atoms with E-state index >= 15 is 0 Å². The van der Waals surface area contributed by atoms with Gasteiger partial charge in [-0.05, 0) is 12.1 Å². The van der Waals surface area contributed by atoms with Crippen LogP contribution >= 0.6 is 22.9 Å². The molecule has 6 nitrogen and oxygen atoms in total. The molecule has 30 heavy (non-hydrogen) atoms. The van der Waals surface area contributed by atoms with Crippen LogP contribution in [-0.2, 0) is 19.8 Å². The summed E-state index contributed by atoms with van der Waals surface area (Å²) in [6.07, 6.45) is -3.72. The van der Waals surface area contributed by atoms with Gasteiger partial charge in [0, 0.05) is 19.4 Å². The summed E-state index contributed by atoms with van der Waals surface area (Å²) in [6.45, 7) is -0.939. The van der Waals surface area contributed by atoms with Crippen molar-refractivity contribution in [2.45, 2.75) is 19.1 Å². The third-order valence-corrected chi connectivity index (χ3v) is 5.42. The minimum atomic E-state index is -4.73. The van der Waals surface area contributed by atoms with Gasteiger partial charge in [-0.1, -0.05) is 11.6 Å². The summed E-state index contributed by atoms with van der Waals surface area (Å²) in [5.74, 6) is -0.938. The number of aryl methyl sites for hydroxylation is 1. The number of anilines is 1. The molecule has 0 aromatic carbocycles. The molecule has 0 aliphatic heterocycles. The van der Waals surface area contributed by atoms with Crippen LogP contribution < -0.4 is 10.9 Å². The van der Waals surface area contributed by atoms with Crippen LogP contribution in [0.1, 0.15) is 14.5 Å². The Hall–Kier alpha value is -2.73. The van der Waals surface area contributed by atoms with Crippen molar-refractivity contribution in [3.8, 4) is 11.3 Å². The standard InChI is InChI=1S/C17H12ClF5N4O2S/c1-26-5-11(24-7-26)9-2-8(4-27(16(9)29)6-13(19)20)25-15(28)12-3-10(18)14(30-12)17(21,22)23/h2-5,7,13H,6H2,1H3,(H,25,28). The fourth-order valence-electron chi connectivity index (χ4n) is 2.59. The summed E-state index contributed by atoms with van der Waals surface area (Å²) in [7, 11) is 1.64. The van der Waals surface area contributed by atoms with Gasteiger partial charge in [0.2, 0.25) is 0 Å². The molecule has 0 radical (unpaired) electrons. The highest BCUT2D eigenvalue weighted by molar-refractivity contribution is 7.14. The summed E-state index contributed by atoms with van der Waals surface area (Å²) >= 11 is 5.70. The highest BCUT2D eigenvalue weighted by Gasteiger charge is 2.36. The number of nitrogens with one attached hydrogen (secondary N) is 1. The Balaban J connectivity index is 1.99. The van der Waals surface area contributed by atoms with E-state index in [1.165, 1.54) is 23.2 Å². The number of halogens is 6. The fraction of sp³-hybridized carbons (Fsp3) is 0.235. The van der Waals surface area contributed by atoms with Gasteiger partial charge in [-0.15, -0.1) is 11.3 Å².